The van der Waals surface area contributed by atoms with E-state index in [9.17, 15) is 9.18 Å². The lowest BCUT2D eigenvalue weighted by Gasteiger charge is -2.37. The Labute approximate surface area is 212 Å². The minimum absolute atomic E-state index is 0.0714. The second-order valence-electron chi connectivity index (χ2n) is 10.6. The van der Waals surface area contributed by atoms with E-state index < -0.39 is 0 Å². The lowest BCUT2D eigenvalue weighted by Crippen LogP contribution is -2.44. The monoisotopic (exact) mass is 487 g/mol. The quantitative estimate of drug-likeness (QED) is 0.496. The smallest absolute Gasteiger partial charge is 0.259 e. The summed E-state index contributed by atoms with van der Waals surface area (Å²) in [5.74, 6) is 0.00565. The number of benzene rings is 2. The number of halogens is 1. The van der Waals surface area contributed by atoms with Crippen molar-refractivity contribution in [3.05, 3.63) is 83.3 Å². The molecule has 7 heteroatoms. The van der Waals surface area contributed by atoms with Crippen LogP contribution in [0, 0.1) is 5.82 Å². The van der Waals surface area contributed by atoms with Crippen molar-refractivity contribution in [1.82, 2.24) is 9.88 Å². The van der Waals surface area contributed by atoms with E-state index in [0.29, 0.717) is 24.0 Å². The molecule has 1 fully saturated rings. The lowest BCUT2D eigenvalue weighted by molar-refractivity contribution is 0.102. The molecule has 3 heterocycles. The van der Waals surface area contributed by atoms with Gasteiger partial charge in [-0.25, -0.2) is 9.37 Å². The van der Waals surface area contributed by atoms with Gasteiger partial charge in [-0.3, -0.25) is 4.79 Å². The highest BCUT2D eigenvalue weighted by Gasteiger charge is 2.39. The first-order chi connectivity index (χ1) is 17.3. The number of amides is 1. The van der Waals surface area contributed by atoms with Crippen LogP contribution in [-0.2, 0) is 12.0 Å². The van der Waals surface area contributed by atoms with Gasteiger partial charge in [-0.05, 0) is 80.5 Å². The van der Waals surface area contributed by atoms with Crippen molar-refractivity contribution < 1.29 is 9.18 Å². The summed E-state index contributed by atoms with van der Waals surface area (Å²) >= 11 is 0. The second kappa shape index (κ2) is 9.90. The van der Waals surface area contributed by atoms with Crippen LogP contribution < -0.4 is 15.5 Å². The van der Waals surface area contributed by atoms with Gasteiger partial charge >= 0.3 is 0 Å². The number of fused-ring (bicyclic) bond motifs is 1. The van der Waals surface area contributed by atoms with Gasteiger partial charge < -0.3 is 20.4 Å². The molecular formula is C29H34FN5O. The van der Waals surface area contributed by atoms with Crippen LogP contribution in [0.5, 0.6) is 0 Å². The molecule has 2 aliphatic rings. The first-order valence-corrected chi connectivity index (χ1v) is 12.6. The van der Waals surface area contributed by atoms with Crippen LogP contribution in [0.15, 0.2) is 60.8 Å². The van der Waals surface area contributed by atoms with Gasteiger partial charge in [-0.15, -0.1) is 0 Å². The van der Waals surface area contributed by atoms with Gasteiger partial charge in [-0.1, -0.05) is 32.0 Å². The van der Waals surface area contributed by atoms with Gasteiger partial charge in [0.2, 0.25) is 0 Å². The van der Waals surface area contributed by atoms with Crippen molar-refractivity contribution in [3.8, 4) is 0 Å². The standard InChI is InChI=1S/C29H34FN5O/c1-29(2)19-35(23-12-15-34(3)16-13-23)26-17-22(10-11-25(26)29)33-28(36)24-5-4-14-31-27(24)32-18-20-6-8-21(30)9-7-20/h4-11,14,17,23H,12-13,15-16,18-19H2,1-3H3,(H,31,32)(H,33,36). The maximum atomic E-state index is 13.3. The zero-order valence-corrected chi connectivity index (χ0v) is 21.2. The number of carbonyl (C=O) groups is 1. The predicted octanol–water partition coefficient (Wildman–Crippen LogP) is 5.28. The number of rotatable bonds is 6. The van der Waals surface area contributed by atoms with Crippen molar-refractivity contribution in [3.63, 3.8) is 0 Å². The van der Waals surface area contributed by atoms with Crippen molar-refractivity contribution in [2.75, 3.05) is 42.2 Å². The van der Waals surface area contributed by atoms with E-state index in [2.05, 4.69) is 58.4 Å². The molecule has 2 N–H and O–H groups in total. The number of nitrogens with one attached hydrogen (secondary N) is 2. The molecule has 3 aromatic rings. The number of anilines is 3. The van der Waals surface area contributed by atoms with Crippen LogP contribution in [0.4, 0.5) is 21.6 Å². The molecule has 6 nitrogen and oxygen atoms in total. The molecule has 0 radical (unpaired) electrons. The van der Waals surface area contributed by atoms with E-state index in [0.717, 1.165) is 43.7 Å². The van der Waals surface area contributed by atoms with Gasteiger partial charge in [0.1, 0.15) is 11.6 Å². The molecule has 1 aromatic heterocycles. The van der Waals surface area contributed by atoms with Crippen LogP contribution in [0.25, 0.3) is 0 Å². The molecule has 188 valence electrons. The summed E-state index contributed by atoms with van der Waals surface area (Å²) in [5.41, 5.74) is 4.79. The summed E-state index contributed by atoms with van der Waals surface area (Å²) in [6, 6.07) is 16.6. The molecule has 2 aliphatic heterocycles. The van der Waals surface area contributed by atoms with Gasteiger partial charge in [0, 0.05) is 42.1 Å². The molecule has 1 saturated heterocycles. The predicted molar refractivity (Wildman–Crippen MR) is 143 cm³/mol. The van der Waals surface area contributed by atoms with E-state index in [1.165, 1.54) is 23.4 Å². The van der Waals surface area contributed by atoms with Crippen LogP contribution >= 0.6 is 0 Å². The van der Waals surface area contributed by atoms with Gasteiger partial charge in [0.15, 0.2) is 0 Å². The zero-order valence-electron chi connectivity index (χ0n) is 21.2. The number of hydrogen-bond donors (Lipinski definition) is 2. The summed E-state index contributed by atoms with van der Waals surface area (Å²) in [4.78, 5) is 22.6. The summed E-state index contributed by atoms with van der Waals surface area (Å²) in [6.45, 7) is 8.26. The molecule has 1 amide bonds. The Morgan fingerprint density at radius 2 is 1.86 bits per heavy atom. The van der Waals surface area contributed by atoms with Crippen molar-refractivity contribution in [2.24, 2.45) is 0 Å². The van der Waals surface area contributed by atoms with Crippen LogP contribution in [-0.4, -0.2) is 48.5 Å². The van der Waals surface area contributed by atoms with E-state index >= 15 is 0 Å². The van der Waals surface area contributed by atoms with Gasteiger partial charge in [0.05, 0.1) is 5.56 Å². The molecule has 36 heavy (non-hydrogen) atoms. The number of aromatic nitrogens is 1. The highest BCUT2D eigenvalue weighted by atomic mass is 19.1. The molecular weight excluding hydrogens is 453 g/mol. The molecule has 0 aliphatic carbocycles. The molecule has 2 aromatic carbocycles. The third kappa shape index (κ3) is 5.07. The fourth-order valence-corrected chi connectivity index (χ4v) is 5.36. The summed E-state index contributed by atoms with van der Waals surface area (Å²) < 4.78 is 13.2. The number of carbonyl (C=O) groups excluding carboxylic acids is 1. The number of hydrogen-bond acceptors (Lipinski definition) is 5. The van der Waals surface area contributed by atoms with Crippen molar-refractivity contribution >= 4 is 23.1 Å². The Bertz CT molecular complexity index is 1230. The van der Waals surface area contributed by atoms with Crippen LogP contribution in [0.2, 0.25) is 0 Å². The Kier molecular flexibility index (Phi) is 6.67. The molecule has 0 unspecified atom stereocenters. The Hall–Kier alpha value is -3.45. The fraction of sp³-hybridized carbons (Fsp3) is 0.379. The molecule has 0 bridgehead atoms. The third-order valence-electron chi connectivity index (χ3n) is 7.41. The number of piperidine rings is 1. The average Bonchev–Trinajstić information content (AvgIpc) is 3.14. The highest BCUT2D eigenvalue weighted by Crippen LogP contribution is 2.44. The van der Waals surface area contributed by atoms with Gasteiger partial charge in [0.25, 0.3) is 5.91 Å². The average molecular weight is 488 g/mol. The zero-order chi connectivity index (χ0) is 25.3. The summed E-state index contributed by atoms with van der Waals surface area (Å²) in [7, 11) is 2.19. The molecule has 5 rings (SSSR count). The van der Waals surface area contributed by atoms with E-state index in [1.54, 1.807) is 30.5 Å². The maximum Gasteiger partial charge on any atom is 0.259 e. The number of nitrogens with zero attached hydrogens (tertiary/aromatic N) is 3. The van der Waals surface area contributed by atoms with Crippen LogP contribution in [0.3, 0.4) is 0 Å². The van der Waals surface area contributed by atoms with Crippen LogP contribution in [0.1, 0.15) is 48.2 Å². The Morgan fingerprint density at radius 3 is 2.61 bits per heavy atom. The Balaban J connectivity index is 1.33. The minimum atomic E-state index is -0.274. The largest absolute Gasteiger partial charge is 0.367 e. The van der Waals surface area contributed by atoms with Crippen molar-refractivity contribution in [1.29, 1.82) is 0 Å². The summed E-state index contributed by atoms with van der Waals surface area (Å²) in [6.07, 6.45) is 3.96. The summed E-state index contributed by atoms with van der Waals surface area (Å²) in [5, 5.41) is 6.30. The Morgan fingerprint density at radius 1 is 1.11 bits per heavy atom. The fourth-order valence-electron chi connectivity index (χ4n) is 5.36. The normalized spacial score (nSPS) is 17.6. The maximum absolute atomic E-state index is 13.3. The first kappa shape index (κ1) is 24.3. The topological polar surface area (TPSA) is 60.5 Å². The second-order valence-corrected chi connectivity index (χ2v) is 10.6. The van der Waals surface area contributed by atoms with Crippen molar-refractivity contribution in [2.45, 2.75) is 44.7 Å². The molecule has 0 saturated carbocycles. The van der Waals surface area contributed by atoms with Gasteiger partial charge in [-0.2, -0.15) is 0 Å². The van der Waals surface area contributed by atoms with E-state index in [1.807, 2.05) is 6.07 Å². The lowest BCUT2D eigenvalue weighted by atomic mass is 9.87. The number of likely N-dealkylation sites (tertiary alicyclic amines) is 1. The first-order valence-electron chi connectivity index (χ1n) is 12.6. The SMILES string of the molecule is CN1CCC(N2CC(C)(C)c3ccc(NC(=O)c4cccnc4NCc4ccc(F)cc4)cc32)CC1. The molecule has 0 spiro atoms. The number of pyridine rings is 1. The van der Waals surface area contributed by atoms with E-state index in [4.69, 9.17) is 0 Å². The minimum Gasteiger partial charge on any atom is -0.367 e. The highest BCUT2D eigenvalue weighted by molar-refractivity contribution is 6.07. The molecule has 0 atom stereocenters. The third-order valence-corrected chi connectivity index (χ3v) is 7.41. The van der Waals surface area contributed by atoms with E-state index in [-0.39, 0.29) is 17.1 Å².